The van der Waals surface area contributed by atoms with E-state index in [2.05, 4.69) is 35.4 Å². The van der Waals surface area contributed by atoms with E-state index < -0.39 is 11.9 Å². The minimum atomic E-state index is -0.699. The summed E-state index contributed by atoms with van der Waals surface area (Å²) < 4.78 is 2.09. The molecule has 1 aliphatic carbocycles. The number of rotatable bonds is 9. The molecule has 4 aliphatic rings. The SMILES string of the molecule is CN(C)C(=O)c1cc2cnc(Nc3ccc(N4CCN(C(=O)CNc5cccc6c5CN(C5CCC(=O)NC5=O)C6=O)CC4)cn3)nc2n1C1CCCC1. The third kappa shape index (κ3) is 6.67. The van der Waals surface area contributed by atoms with Crippen LogP contribution in [-0.4, -0.2) is 117 Å². The van der Waals surface area contributed by atoms with Crippen LogP contribution in [0.3, 0.4) is 0 Å². The van der Waals surface area contributed by atoms with Gasteiger partial charge in [-0.2, -0.15) is 4.98 Å². The van der Waals surface area contributed by atoms with Crippen molar-refractivity contribution >= 4 is 63.7 Å². The van der Waals surface area contributed by atoms with Gasteiger partial charge in [0.15, 0.2) is 0 Å². The van der Waals surface area contributed by atoms with Crippen LogP contribution in [0.5, 0.6) is 0 Å². The molecule has 0 bridgehead atoms. The molecule has 8 rings (SSSR count). The van der Waals surface area contributed by atoms with Crippen molar-refractivity contribution in [3.8, 4) is 0 Å². The average molecular weight is 734 g/mol. The smallest absolute Gasteiger partial charge is 0.270 e. The molecular formula is C38H43N11O5. The first kappa shape index (κ1) is 35.0. The van der Waals surface area contributed by atoms with Crippen LogP contribution in [0.25, 0.3) is 11.0 Å². The number of hydrogen-bond donors (Lipinski definition) is 3. The maximum absolute atomic E-state index is 13.3. The zero-order chi connectivity index (χ0) is 37.5. The van der Waals surface area contributed by atoms with Crippen LogP contribution in [0.2, 0.25) is 0 Å². The highest BCUT2D eigenvalue weighted by molar-refractivity contribution is 6.06. The molecule has 280 valence electrons. The summed E-state index contributed by atoms with van der Waals surface area (Å²) in [6, 6.07) is 10.6. The van der Waals surface area contributed by atoms with Crippen molar-refractivity contribution in [1.29, 1.82) is 0 Å². The number of fused-ring (bicyclic) bond motifs is 2. The van der Waals surface area contributed by atoms with E-state index in [0.29, 0.717) is 61.3 Å². The predicted octanol–water partition coefficient (Wildman–Crippen LogP) is 2.91. The van der Waals surface area contributed by atoms with E-state index in [1.807, 2.05) is 29.2 Å². The van der Waals surface area contributed by atoms with Gasteiger partial charge in [0.2, 0.25) is 23.7 Å². The lowest BCUT2D eigenvalue weighted by Gasteiger charge is -2.36. The van der Waals surface area contributed by atoms with Crippen molar-refractivity contribution in [2.75, 3.05) is 62.4 Å². The van der Waals surface area contributed by atoms with Crippen LogP contribution >= 0.6 is 0 Å². The topological polar surface area (TPSA) is 178 Å². The van der Waals surface area contributed by atoms with E-state index >= 15 is 0 Å². The van der Waals surface area contributed by atoms with E-state index in [1.54, 1.807) is 43.5 Å². The number of piperazine rings is 1. The van der Waals surface area contributed by atoms with Gasteiger partial charge in [0.05, 0.1) is 18.4 Å². The van der Waals surface area contributed by atoms with Gasteiger partial charge in [-0.05, 0) is 49.6 Å². The number of benzene rings is 1. The fraction of sp³-hybridized carbons (Fsp3) is 0.421. The van der Waals surface area contributed by atoms with Gasteiger partial charge in [0.25, 0.3) is 11.8 Å². The molecule has 1 unspecified atom stereocenters. The minimum absolute atomic E-state index is 0.0504. The lowest BCUT2D eigenvalue weighted by Crippen LogP contribution is -2.52. The zero-order valence-corrected chi connectivity index (χ0v) is 30.4. The van der Waals surface area contributed by atoms with Crippen molar-refractivity contribution in [3.63, 3.8) is 0 Å². The summed E-state index contributed by atoms with van der Waals surface area (Å²) in [7, 11) is 3.52. The Balaban J connectivity index is 0.860. The van der Waals surface area contributed by atoms with Crippen LogP contribution in [0.4, 0.5) is 23.1 Å². The Kier molecular flexibility index (Phi) is 9.33. The van der Waals surface area contributed by atoms with Crippen molar-refractivity contribution in [2.45, 2.75) is 57.2 Å². The van der Waals surface area contributed by atoms with Gasteiger partial charge in [0.1, 0.15) is 23.2 Å². The van der Waals surface area contributed by atoms with Gasteiger partial charge >= 0.3 is 0 Å². The number of carbonyl (C=O) groups excluding carboxylic acids is 5. The van der Waals surface area contributed by atoms with Gasteiger partial charge in [0, 0.05) is 87.7 Å². The molecule has 16 heteroatoms. The van der Waals surface area contributed by atoms with E-state index in [0.717, 1.165) is 48.0 Å². The Hall–Kier alpha value is -6.06. The Morgan fingerprint density at radius 3 is 2.48 bits per heavy atom. The molecule has 5 amide bonds. The molecule has 16 nitrogen and oxygen atoms in total. The van der Waals surface area contributed by atoms with Gasteiger partial charge < -0.3 is 34.8 Å². The number of pyridine rings is 1. The van der Waals surface area contributed by atoms with E-state index in [4.69, 9.17) is 4.98 Å². The normalized spacial score (nSPS) is 19.0. The highest BCUT2D eigenvalue weighted by Crippen LogP contribution is 2.35. The molecule has 0 radical (unpaired) electrons. The van der Waals surface area contributed by atoms with Crippen LogP contribution in [0, 0.1) is 0 Å². The second-order valence-electron chi connectivity index (χ2n) is 14.5. The highest BCUT2D eigenvalue weighted by Gasteiger charge is 2.40. The number of nitrogens with zero attached hydrogens (tertiary/aromatic N) is 8. The predicted molar refractivity (Wildman–Crippen MR) is 200 cm³/mol. The van der Waals surface area contributed by atoms with Crippen LogP contribution in [0.15, 0.2) is 48.8 Å². The first-order chi connectivity index (χ1) is 26.1. The Bertz CT molecular complexity index is 2130. The molecule has 2 saturated heterocycles. The van der Waals surface area contributed by atoms with Crippen LogP contribution in [-0.2, 0) is 20.9 Å². The second kappa shape index (κ2) is 14.4. The van der Waals surface area contributed by atoms with Gasteiger partial charge in [-0.1, -0.05) is 18.9 Å². The summed E-state index contributed by atoms with van der Waals surface area (Å²) in [5, 5.41) is 9.60. The van der Waals surface area contributed by atoms with Crippen molar-refractivity contribution < 1.29 is 24.0 Å². The standard InChI is InChI=1S/C38H43N11O5/c1-45(2)37(54)30-18-23-19-41-38(44-34(23)49(30)24-6-3-4-7-24)42-31-12-10-25(20-40-31)46-14-16-47(17-15-46)33(51)21-39-28-9-5-8-26-27(28)22-48(36(26)53)29-11-13-32(50)43-35(29)52/h5,8-10,12,18-20,24,29,39H,3-4,6-7,11,13-17,21-22H2,1-2H3,(H,43,50,52)(H,40,41,42,44). The summed E-state index contributed by atoms with van der Waals surface area (Å²) >= 11 is 0. The molecule has 4 aromatic rings. The quantitative estimate of drug-likeness (QED) is 0.216. The summed E-state index contributed by atoms with van der Waals surface area (Å²) in [5.74, 6) is -0.140. The second-order valence-corrected chi connectivity index (χ2v) is 14.5. The van der Waals surface area contributed by atoms with Crippen molar-refractivity contribution in [1.82, 2.24) is 39.5 Å². The van der Waals surface area contributed by atoms with Gasteiger partial charge in [-0.3, -0.25) is 29.3 Å². The Morgan fingerprint density at radius 1 is 0.963 bits per heavy atom. The molecule has 1 aromatic carbocycles. The van der Waals surface area contributed by atoms with E-state index in [1.165, 1.54) is 4.90 Å². The third-order valence-electron chi connectivity index (χ3n) is 10.9. The van der Waals surface area contributed by atoms with Gasteiger partial charge in [-0.15, -0.1) is 0 Å². The largest absolute Gasteiger partial charge is 0.376 e. The number of imide groups is 1. The number of carbonyl (C=O) groups is 5. The lowest BCUT2D eigenvalue weighted by atomic mass is 10.0. The van der Waals surface area contributed by atoms with Gasteiger partial charge in [-0.25, -0.2) is 9.97 Å². The first-order valence-corrected chi connectivity index (χ1v) is 18.5. The molecule has 3 aromatic heterocycles. The number of piperidine rings is 1. The summed E-state index contributed by atoms with van der Waals surface area (Å²) in [4.78, 5) is 84.6. The number of nitrogens with one attached hydrogen (secondary N) is 3. The maximum Gasteiger partial charge on any atom is 0.270 e. The molecule has 6 heterocycles. The van der Waals surface area contributed by atoms with Crippen LogP contribution < -0.4 is 20.9 Å². The van der Waals surface area contributed by atoms with E-state index in [-0.39, 0.29) is 49.2 Å². The van der Waals surface area contributed by atoms with Crippen molar-refractivity contribution in [2.24, 2.45) is 0 Å². The fourth-order valence-corrected chi connectivity index (χ4v) is 8.00. The summed E-state index contributed by atoms with van der Waals surface area (Å²) in [5.41, 5.74) is 4.23. The zero-order valence-electron chi connectivity index (χ0n) is 30.4. The van der Waals surface area contributed by atoms with Crippen molar-refractivity contribution in [3.05, 3.63) is 65.6 Å². The molecule has 3 N–H and O–H groups in total. The number of amides is 5. The number of aromatic nitrogens is 4. The molecule has 54 heavy (non-hydrogen) atoms. The minimum Gasteiger partial charge on any atom is -0.376 e. The number of anilines is 4. The third-order valence-corrected chi connectivity index (χ3v) is 10.9. The lowest BCUT2D eigenvalue weighted by molar-refractivity contribution is -0.137. The van der Waals surface area contributed by atoms with Crippen LogP contribution in [0.1, 0.15) is 71.0 Å². The number of hydrogen-bond acceptors (Lipinski definition) is 11. The first-order valence-electron chi connectivity index (χ1n) is 18.5. The molecule has 1 saturated carbocycles. The highest BCUT2D eigenvalue weighted by atomic mass is 16.2. The Labute approximate surface area is 311 Å². The summed E-state index contributed by atoms with van der Waals surface area (Å²) in [6.45, 7) is 2.67. The maximum atomic E-state index is 13.3. The monoisotopic (exact) mass is 733 g/mol. The fourth-order valence-electron chi connectivity index (χ4n) is 8.00. The molecular weight excluding hydrogens is 690 g/mol. The summed E-state index contributed by atoms with van der Waals surface area (Å²) in [6.07, 6.45) is 8.31. The Morgan fingerprint density at radius 2 is 1.76 bits per heavy atom. The molecule has 0 spiro atoms. The van der Waals surface area contributed by atoms with E-state index in [9.17, 15) is 24.0 Å². The average Bonchev–Trinajstić information content (AvgIpc) is 3.92. The molecule has 3 fully saturated rings. The molecule has 3 aliphatic heterocycles. The molecule has 1 atom stereocenters.